The molecule has 3 rings (SSSR count). The van der Waals surface area contributed by atoms with Gasteiger partial charge in [-0.3, -0.25) is 9.59 Å². The normalized spacial score (nSPS) is 46.3. The second-order valence-corrected chi connectivity index (χ2v) is 9.52. The summed E-state index contributed by atoms with van der Waals surface area (Å²) < 4.78 is 0. The van der Waals surface area contributed by atoms with Gasteiger partial charge < -0.3 is 10.2 Å². The predicted molar refractivity (Wildman–Crippen MR) is 96.0 cm³/mol. The van der Waals surface area contributed by atoms with Gasteiger partial charge in [-0.1, -0.05) is 13.8 Å². The molecule has 0 bridgehead atoms. The van der Waals surface area contributed by atoms with Gasteiger partial charge >= 0.3 is 5.97 Å². The summed E-state index contributed by atoms with van der Waals surface area (Å²) >= 11 is 0. The van der Waals surface area contributed by atoms with Crippen LogP contribution >= 0.6 is 0 Å². The Bertz CT molecular complexity index is 544. The molecule has 0 radical (unpaired) electrons. The fraction of sp³-hybridized carbons (Fsp3) is 0.905. The standard InChI is InChI=1S/C21H34O4/c1-13(23)16-6-7-17-15-5-4-14(12-22)20(2,11-9-19(24)25)18(15)8-10-21(16,17)3/h14-18,22H,4-12H2,1-3H3,(H,24,25)/t14?,15-,16+,17-,18-,20-,21+/m0/s1. The van der Waals surface area contributed by atoms with Crippen LogP contribution in [0, 0.1) is 40.4 Å². The van der Waals surface area contributed by atoms with Crippen LogP contribution in [0.5, 0.6) is 0 Å². The molecule has 0 heterocycles. The van der Waals surface area contributed by atoms with Crippen LogP contribution < -0.4 is 0 Å². The molecule has 3 aliphatic carbocycles. The predicted octanol–water partition coefficient (Wildman–Crippen LogP) is 3.91. The topological polar surface area (TPSA) is 74.6 Å². The summed E-state index contributed by atoms with van der Waals surface area (Å²) in [6.45, 7) is 6.48. The third kappa shape index (κ3) is 2.94. The summed E-state index contributed by atoms with van der Waals surface area (Å²) in [5, 5.41) is 19.1. The van der Waals surface area contributed by atoms with Gasteiger partial charge in [0.1, 0.15) is 5.78 Å². The molecule has 0 spiro atoms. The molecule has 0 aromatic rings. The Morgan fingerprint density at radius 3 is 2.36 bits per heavy atom. The maximum absolute atomic E-state index is 12.2. The minimum atomic E-state index is -0.738. The van der Waals surface area contributed by atoms with Crippen LogP contribution in [-0.2, 0) is 9.59 Å². The number of aliphatic carboxylic acids is 1. The van der Waals surface area contributed by atoms with Crippen molar-refractivity contribution in [2.45, 2.75) is 72.1 Å². The lowest BCUT2D eigenvalue weighted by Gasteiger charge is -2.59. The van der Waals surface area contributed by atoms with E-state index in [1.807, 2.05) is 0 Å². The molecule has 142 valence electrons. The third-order valence-corrected chi connectivity index (χ3v) is 8.65. The maximum atomic E-state index is 12.2. The molecule has 0 amide bonds. The SMILES string of the molecule is CC(=O)[C@H]1CC[C@H]2[C@@H]3CCC(CO)[C@](C)(CCC(=O)O)[C@H]3CC[C@]12C. The Kier molecular flexibility index (Phi) is 5.04. The first-order valence-corrected chi connectivity index (χ1v) is 10.1. The van der Waals surface area contributed by atoms with E-state index in [-0.39, 0.29) is 35.7 Å². The highest BCUT2D eigenvalue weighted by molar-refractivity contribution is 5.79. The molecule has 4 heteroatoms. The van der Waals surface area contributed by atoms with Crippen LogP contribution in [0.1, 0.15) is 72.1 Å². The molecule has 1 unspecified atom stereocenters. The number of hydrogen-bond donors (Lipinski definition) is 2. The highest BCUT2D eigenvalue weighted by Gasteiger charge is 2.59. The summed E-state index contributed by atoms with van der Waals surface area (Å²) in [7, 11) is 0. The average Bonchev–Trinajstić information content (AvgIpc) is 2.91. The minimum Gasteiger partial charge on any atom is -0.481 e. The maximum Gasteiger partial charge on any atom is 0.303 e. The van der Waals surface area contributed by atoms with Crippen LogP contribution in [0.4, 0.5) is 0 Å². The summed E-state index contributed by atoms with van der Waals surface area (Å²) in [5.41, 5.74) is 0.0401. The van der Waals surface area contributed by atoms with Gasteiger partial charge in [0, 0.05) is 18.9 Å². The smallest absolute Gasteiger partial charge is 0.303 e. The van der Waals surface area contributed by atoms with E-state index in [1.165, 1.54) is 0 Å². The lowest BCUT2D eigenvalue weighted by atomic mass is 9.46. The van der Waals surface area contributed by atoms with E-state index in [2.05, 4.69) is 13.8 Å². The lowest BCUT2D eigenvalue weighted by molar-refractivity contribution is -0.143. The zero-order valence-electron chi connectivity index (χ0n) is 16.0. The van der Waals surface area contributed by atoms with E-state index in [0.717, 1.165) is 38.5 Å². The average molecular weight is 350 g/mol. The second kappa shape index (κ2) is 6.68. The second-order valence-electron chi connectivity index (χ2n) is 9.52. The zero-order valence-corrected chi connectivity index (χ0v) is 16.0. The van der Waals surface area contributed by atoms with Gasteiger partial charge in [0.2, 0.25) is 0 Å². The quantitative estimate of drug-likeness (QED) is 0.788. The van der Waals surface area contributed by atoms with Gasteiger partial charge in [0.25, 0.3) is 0 Å². The van der Waals surface area contributed by atoms with E-state index in [9.17, 15) is 19.8 Å². The monoisotopic (exact) mass is 350 g/mol. The highest BCUT2D eigenvalue weighted by atomic mass is 16.4. The number of carbonyl (C=O) groups excluding carboxylic acids is 1. The molecule has 2 N–H and O–H groups in total. The number of carboxylic acid groups (broad SMARTS) is 1. The van der Waals surface area contributed by atoms with E-state index in [1.54, 1.807) is 6.92 Å². The summed E-state index contributed by atoms with van der Waals surface area (Å²) in [6, 6.07) is 0. The Hall–Kier alpha value is -0.900. The molecule has 3 aliphatic rings. The first kappa shape index (κ1) is 18.9. The van der Waals surface area contributed by atoms with Crippen molar-refractivity contribution in [1.29, 1.82) is 0 Å². The molecular weight excluding hydrogens is 316 g/mol. The van der Waals surface area contributed by atoms with Gasteiger partial charge in [-0.2, -0.15) is 0 Å². The van der Waals surface area contributed by atoms with Gasteiger partial charge in [-0.25, -0.2) is 0 Å². The van der Waals surface area contributed by atoms with Crippen molar-refractivity contribution in [3.63, 3.8) is 0 Å². The molecule has 3 fully saturated rings. The Labute approximate surface area is 151 Å². The fourth-order valence-corrected chi connectivity index (χ4v) is 7.27. The molecule has 0 aliphatic heterocycles. The zero-order chi connectivity index (χ0) is 18.4. The molecule has 0 aromatic carbocycles. The molecule has 0 saturated heterocycles. The van der Waals surface area contributed by atoms with E-state index in [4.69, 9.17) is 0 Å². The first-order valence-electron chi connectivity index (χ1n) is 10.1. The van der Waals surface area contributed by atoms with E-state index in [0.29, 0.717) is 30.0 Å². The van der Waals surface area contributed by atoms with Gasteiger partial charge in [-0.15, -0.1) is 0 Å². The Balaban J connectivity index is 1.87. The van der Waals surface area contributed by atoms with Crippen molar-refractivity contribution < 1.29 is 19.8 Å². The molecule has 0 aromatic heterocycles. The van der Waals surface area contributed by atoms with Crippen LogP contribution in [0.2, 0.25) is 0 Å². The number of aliphatic hydroxyl groups excluding tert-OH is 1. The fourth-order valence-electron chi connectivity index (χ4n) is 7.27. The molecule has 4 nitrogen and oxygen atoms in total. The van der Waals surface area contributed by atoms with Crippen molar-refractivity contribution in [3.05, 3.63) is 0 Å². The van der Waals surface area contributed by atoms with Gasteiger partial charge in [-0.05, 0) is 86.4 Å². The largest absolute Gasteiger partial charge is 0.481 e. The number of Topliss-reactive ketones (excluding diaryl/α,β-unsaturated/α-hetero) is 1. The summed E-state index contributed by atoms with van der Waals surface area (Å²) in [4.78, 5) is 23.4. The van der Waals surface area contributed by atoms with Gasteiger partial charge in [0.05, 0.1) is 0 Å². The Morgan fingerprint density at radius 1 is 1.04 bits per heavy atom. The number of fused-ring (bicyclic) bond motifs is 3. The van der Waals surface area contributed by atoms with Crippen LogP contribution in [0.25, 0.3) is 0 Å². The molecule has 25 heavy (non-hydrogen) atoms. The Morgan fingerprint density at radius 2 is 1.76 bits per heavy atom. The van der Waals surface area contributed by atoms with Crippen molar-refractivity contribution >= 4 is 11.8 Å². The van der Waals surface area contributed by atoms with Crippen molar-refractivity contribution in [1.82, 2.24) is 0 Å². The van der Waals surface area contributed by atoms with Crippen LogP contribution in [0.15, 0.2) is 0 Å². The molecule has 7 atom stereocenters. The van der Waals surface area contributed by atoms with Crippen LogP contribution in [0.3, 0.4) is 0 Å². The first-order chi connectivity index (χ1) is 11.7. The van der Waals surface area contributed by atoms with Crippen molar-refractivity contribution in [2.24, 2.45) is 40.4 Å². The highest BCUT2D eigenvalue weighted by Crippen LogP contribution is 2.66. The molecular formula is C21H34O4. The van der Waals surface area contributed by atoms with Crippen LogP contribution in [-0.4, -0.2) is 28.6 Å². The number of aliphatic hydroxyl groups is 1. The number of rotatable bonds is 5. The van der Waals surface area contributed by atoms with Crippen molar-refractivity contribution in [2.75, 3.05) is 6.61 Å². The number of hydrogen-bond acceptors (Lipinski definition) is 3. The number of carbonyl (C=O) groups is 2. The van der Waals surface area contributed by atoms with Gasteiger partial charge in [0.15, 0.2) is 0 Å². The summed E-state index contributed by atoms with van der Waals surface area (Å²) in [6.07, 6.45) is 7.28. The third-order valence-electron chi connectivity index (χ3n) is 8.65. The summed E-state index contributed by atoms with van der Waals surface area (Å²) in [5.74, 6) is 1.69. The minimum absolute atomic E-state index is 0.0916. The lowest BCUT2D eigenvalue weighted by Crippen LogP contribution is -2.53. The number of carboxylic acids is 1. The van der Waals surface area contributed by atoms with Crippen molar-refractivity contribution in [3.8, 4) is 0 Å². The molecule has 3 saturated carbocycles. The van der Waals surface area contributed by atoms with E-state index < -0.39 is 5.97 Å². The van der Waals surface area contributed by atoms with E-state index >= 15 is 0 Å². The number of ketones is 1.